The van der Waals surface area contributed by atoms with Gasteiger partial charge in [-0.3, -0.25) is 4.79 Å². The number of nitrogens with two attached hydrogens (primary N) is 1. The Morgan fingerprint density at radius 1 is 1.23 bits per heavy atom. The number of benzene rings is 1. The summed E-state index contributed by atoms with van der Waals surface area (Å²) in [5, 5.41) is 0.255. The lowest BCUT2D eigenvalue weighted by Crippen LogP contribution is -2.34. The smallest absolute Gasteiger partial charge is 0.340 e. The molecule has 0 spiro atoms. The Kier molecular flexibility index (Phi) is 5.98. The molecule has 3 rings (SSSR count). The van der Waals surface area contributed by atoms with Crippen molar-refractivity contribution in [2.45, 2.75) is 26.3 Å². The van der Waals surface area contributed by atoms with Crippen molar-refractivity contribution >= 4 is 17.6 Å². The summed E-state index contributed by atoms with van der Waals surface area (Å²) in [6.45, 7) is 4.11. The number of methoxy groups -OCH3 is 3. The van der Waals surface area contributed by atoms with E-state index in [0.29, 0.717) is 29.3 Å². The van der Waals surface area contributed by atoms with Gasteiger partial charge in [0.2, 0.25) is 5.88 Å². The van der Waals surface area contributed by atoms with E-state index >= 15 is 0 Å². The second kappa shape index (κ2) is 8.31. The number of pyridine rings is 1. The van der Waals surface area contributed by atoms with Gasteiger partial charge in [-0.25, -0.2) is 4.79 Å². The van der Waals surface area contributed by atoms with Crippen LogP contribution in [0.3, 0.4) is 0 Å². The molecule has 1 atom stereocenters. The minimum atomic E-state index is -0.871. The molecule has 0 amide bonds. The summed E-state index contributed by atoms with van der Waals surface area (Å²) < 4.78 is 22.9. The predicted octanol–water partition coefficient (Wildman–Crippen LogP) is 2.71. The average Bonchev–Trinajstić information content (AvgIpc) is 2.71. The van der Waals surface area contributed by atoms with Crippen LogP contribution in [0.1, 0.15) is 29.7 Å². The van der Waals surface area contributed by atoms with Gasteiger partial charge in [0.1, 0.15) is 11.3 Å². The summed E-state index contributed by atoms with van der Waals surface area (Å²) in [7, 11) is 4.17. The van der Waals surface area contributed by atoms with E-state index < -0.39 is 11.9 Å². The summed E-state index contributed by atoms with van der Waals surface area (Å²) in [4.78, 5) is 26.0. The van der Waals surface area contributed by atoms with Gasteiger partial charge in [0.25, 0.3) is 5.56 Å². The molecule has 2 N–H and O–H groups in total. The van der Waals surface area contributed by atoms with Crippen LogP contribution in [-0.2, 0) is 16.1 Å². The first-order valence-corrected chi connectivity index (χ1v) is 9.58. The number of aromatic nitrogens is 1. The SMILES string of the molecule is CCn1c(C)cc2c(c1=O)C(c1cc(Cl)c(OC)c(OC)c1)C(C(=O)OC)=C(N)O2. The van der Waals surface area contributed by atoms with Gasteiger partial charge in [-0.15, -0.1) is 0 Å². The van der Waals surface area contributed by atoms with Crippen LogP contribution < -0.4 is 25.5 Å². The van der Waals surface area contributed by atoms with Crippen molar-refractivity contribution in [3.63, 3.8) is 0 Å². The summed E-state index contributed by atoms with van der Waals surface area (Å²) in [6.07, 6.45) is 0. The van der Waals surface area contributed by atoms with E-state index in [1.54, 1.807) is 29.7 Å². The number of aryl methyl sites for hydroxylation is 1. The molecule has 0 aliphatic carbocycles. The van der Waals surface area contributed by atoms with Crippen LogP contribution in [0.2, 0.25) is 5.02 Å². The molecule has 9 heteroatoms. The van der Waals surface area contributed by atoms with Crippen LogP contribution in [0.5, 0.6) is 17.2 Å². The maximum Gasteiger partial charge on any atom is 0.340 e. The number of fused-ring (bicyclic) bond motifs is 1. The Morgan fingerprint density at radius 2 is 1.93 bits per heavy atom. The minimum Gasteiger partial charge on any atom is -0.493 e. The Morgan fingerprint density at radius 3 is 2.50 bits per heavy atom. The van der Waals surface area contributed by atoms with Crippen molar-refractivity contribution in [1.29, 1.82) is 0 Å². The highest BCUT2D eigenvalue weighted by Crippen LogP contribution is 2.45. The second-order valence-electron chi connectivity index (χ2n) is 6.66. The molecule has 1 aromatic heterocycles. The first-order valence-electron chi connectivity index (χ1n) is 9.20. The largest absolute Gasteiger partial charge is 0.493 e. The number of rotatable bonds is 5. The van der Waals surface area contributed by atoms with Gasteiger partial charge in [-0.2, -0.15) is 0 Å². The van der Waals surface area contributed by atoms with Crippen LogP contribution in [0.4, 0.5) is 0 Å². The molecular weight excluding hydrogens is 412 g/mol. The first-order chi connectivity index (χ1) is 14.3. The highest BCUT2D eigenvalue weighted by Gasteiger charge is 2.38. The van der Waals surface area contributed by atoms with Gasteiger partial charge in [-0.1, -0.05) is 11.6 Å². The van der Waals surface area contributed by atoms with Crippen molar-refractivity contribution in [3.05, 3.63) is 61.9 Å². The monoisotopic (exact) mass is 434 g/mol. The van der Waals surface area contributed by atoms with E-state index in [-0.39, 0.29) is 33.4 Å². The zero-order valence-corrected chi connectivity index (χ0v) is 18.1. The Balaban J connectivity index is 2.39. The van der Waals surface area contributed by atoms with Crippen LogP contribution >= 0.6 is 11.6 Å². The van der Waals surface area contributed by atoms with E-state index in [9.17, 15) is 9.59 Å². The number of carbonyl (C=O) groups excluding carboxylic acids is 1. The Hall–Kier alpha value is -3.13. The molecule has 2 heterocycles. The van der Waals surface area contributed by atoms with Crippen LogP contribution in [0, 0.1) is 6.92 Å². The number of ether oxygens (including phenoxy) is 4. The third-order valence-electron chi connectivity index (χ3n) is 5.08. The number of hydrogen-bond acceptors (Lipinski definition) is 7. The first kappa shape index (κ1) is 21.6. The maximum atomic E-state index is 13.4. The molecule has 0 saturated carbocycles. The van der Waals surface area contributed by atoms with E-state index in [1.807, 2.05) is 6.92 Å². The van der Waals surface area contributed by atoms with Gasteiger partial charge in [0.05, 0.1) is 37.8 Å². The number of hydrogen-bond donors (Lipinski definition) is 1. The van der Waals surface area contributed by atoms with Gasteiger partial charge in [0, 0.05) is 18.3 Å². The topological polar surface area (TPSA) is 102 Å². The number of halogens is 1. The fourth-order valence-electron chi connectivity index (χ4n) is 3.73. The standard InChI is InChI=1S/C21H23ClN2O6/c1-6-24-10(2)7-13-16(20(24)25)15(17(19(23)30-13)21(26)29-5)11-8-12(22)18(28-4)14(9-11)27-3/h7-9,15H,6,23H2,1-5H3. The second-order valence-corrected chi connectivity index (χ2v) is 7.06. The quantitative estimate of drug-likeness (QED) is 0.722. The third-order valence-corrected chi connectivity index (χ3v) is 5.36. The summed E-state index contributed by atoms with van der Waals surface area (Å²) in [5.41, 5.74) is 7.29. The molecule has 8 nitrogen and oxygen atoms in total. The molecule has 1 unspecified atom stereocenters. The summed E-state index contributed by atoms with van der Waals surface area (Å²) in [6, 6.07) is 4.97. The van der Waals surface area contributed by atoms with Crippen molar-refractivity contribution in [1.82, 2.24) is 4.57 Å². The lowest BCUT2D eigenvalue weighted by atomic mass is 9.83. The molecule has 160 valence electrons. The average molecular weight is 435 g/mol. The molecule has 0 radical (unpaired) electrons. The van der Waals surface area contributed by atoms with E-state index in [0.717, 1.165) is 0 Å². The maximum absolute atomic E-state index is 13.4. The van der Waals surface area contributed by atoms with Gasteiger partial charge < -0.3 is 29.2 Å². The fraction of sp³-hybridized carbons (Fsp3) is 0.333. The van der Waals surface area contributed by atoms with Crippen molar-refractivity contribution in [2.75, 3.05) is 21.3 Å². The van der Waals surface area contributed by atoms with Gasteiger partial charge in [0.15, 0.2) is 11.5 Å². The predicted molar refractivity (Wildman–Crippen MR) is 111 cm³/mol. The number of nitrogens with zero attached hydrogens (tertiary/aromatic N) is 1. The molecule has 0 fully saturated rings. The van der Waals surface area contributed by atoms with Crippen LogP contribution in [-0.4, -0.2) is 31.9 Å². The molecule has 1 aromatic carbocycles. The number of carbonyl (C=O) groups is 1. The highest BCUT2D eigenvalue weighted by molar-refractivity contribution is 6.32. The molecule has 1 aliphatic rings. The molecule has 1 aliphatic heterocycles. The molecular formula is C21H23ClN2O6. The normalized spacial score (nSPS) is 15.3. The van der Waals surface area contributed by atoms with E-state index in [2.05, 4.69) is 0 Å². The fourth-order valence-corrected chi connectivity index (χ4v) is 4.02. The molecule has 0 bridgehead atoms. The Labute approximate surface area is 178 Å². The van der Waals surface area contributed by atoms with Gasteiger partial charge >= 0.3 is 5.97 Å². The number of esters is 1. The molecule has 0 saturated heterocycles. The van der Waals surface area contributed by atoms with Crippen LogP contribution in [0.15, 0.2) is 34.4 Å². The van der Waals surface area contributed by atoms with E-state index in [1.165, 1.54) is 21.3 Å². The Bertz CT molecular complexity index is 1110. The van der Waals surface area contributed by atoms with E-state index in [4.69, 9.17) is 36.3 Å². The van der Waals surface area contributed by atoms with Gasteiger partial charge in [-0.05, 0) is 31.5 Å². The highest BCUT2D eigenvalue weighted by atomic mass is 35.5. The molecule has 2 aromatic rings. The zero-order valence-electron chi connectivity index (χ0n) is 17.4. The summed E-state index contributed by atoms with van der Waals surface area (Å²) >= 11 is 6.40. The third kappa shape index (κ3) is 3.37. The minimum absolute atomic E-state index is 0.0110. The van der Waals surface area contributed by atoms with Crippen LogP contribution in [0.25, 0.3) is 0 Å². The zero-order chi connectivity index (χ0) is 22.2. The lowest BCUT2D eigenvalue weighted by molar-refractivity contribution is -0.136. The lowest BCUT2D eigenvalue weighted by Gasteiger charge is -2.29. The van der Waals surface area contributed by atoms with Crippen molar-refractivity contribution < 1.29 is 23.7 Å². The van der Waals surface area contributed by atoms with Crippen molar-refractivity contribution in [3.8, 4) is 17.2 Å². The van der Waals surface area contributed by atoms with Crippen molar-refractivity contribution in [2.24, 2.45) is 5.73 Å². The summed E-state index contributed by atoms with van der Waals surface area (Å²) in [5.74, 6) is -0.761. The molecule has 30 heavy (non-hydrogen) atoms.